The molecule has 2 unspecified atom stereocenters. The average molecular weight is 214 g/mol. The summed E-state index contributed by atoms with van der Waals surface area (Å²) in [7, 11) is 0. The van der Waals surface area contributed by atoms with Crippen LogP contribution in [0, 0.1) is 6.92 Å². The van der Waals surface area contributed by atoms with E-state index in [0.717, 1.165) is 11.1 Å². The molecule has 14 heavy (non-hydrogen) atoms. The molecule has 2 atom stereocenters. The molecular formula is C10H12ClNO2. The lowest BCUT2D eigenvalue weighted by Crippen LogP contribution is -2.35. The summed E-state index contributed by atoms with van der Waals surface area (Å²) >= 11 is 5.87. The zero-order chi connectivity index (χ0) is 10.5. The molecule has 0 fully saturated rings. The van der Waals surface area contributed by atoms with Crippen molar-refractivity contribution in [3.05, 3.63) is 28.3 Å². The molecular weight excluding hydrogens is 202 g/mol. The van der Waals surface area contributed by atoms with Gasteiger partial charge in [-0.1, -0.05) is 11.6 Å². The predicted octanol–water partition coefficient (Wildman–Crippen LogP) is 1.60. The first-order valence-electron chi connectivity index (χ1n) is 4.40. The lowest BCUT2D eigenvalue weighted by Gasteiger charge is -2.22. The summed E-state index contributed by atoms with van der Waals surface area (Å²) in [5.41, 5.74) is 1.05. The van der Waals surface area contributed by atoms with E-state index in [1.165, 1.54) is 0 Å². The summed E-state index contributed by atoms with van der Waals surface area (Å²) in [6.07, 6.45) is -0.977. The molecule has 2 rings (SSSR count). The van der Waals surface area contributed by atoms with Crippen molar-refractivity contribution in [1.82, 2.24) is 0 Å². The largest absolute Gasteiger partial charge is 0.381 e. The summed E-state index contributed by atoms with van der Waals surface area (Å²) in [6.45, 7) is 3.44. The quantitative estimate of drug-likeness (QED) is 0.614. The molecule has 0 spiro atoms. The molecule has 1 heterocycles. The topological polar surface area (TPSA) is 52.5 Å². The number of aliphatic hydroxyl groups excluding tert-OH is 1. The molecule has 1 aliphatic heterocycles. The van der Waals surface area contributed by atoms with E-state index < -0.39 is 11.8 Å². The molecule has 0 saturated carbocycles. The maximum atomic E-state index is 10.0. The highest BCUT2D eigenvalue weighted by atomic mass is 35.5. The Morgan fingerprint density at radius 2 is 2.14 bits per heavy atom. The number of hydrogen-bond donors (Lipinski definition) is 3. The van der Waals surface area contributed by atoms with Gasteiger partial charge in [0.05, 0.1) is 0 Å². The molecule has 0 radical (unpaired) electrons. The summed E-state index contributed by atoms with van der Waals surface area (Å²) < 4.78 is 0. The third-order valence-corrected chi connectivity index (χ3v) is 2.85. The van der Waals surface area contributed by atoms with Crippen LogP contribution in [0.25, 0.3) is 0 Å². The Bertz CT molecular complexity index is 390. The van der Waals surface area contributed by atoms with E-state index in [1.807, 2.05) is 6.92 Å². The van der Waals surface area contributed by atoms with E-state index in [-0.39, 0.29) is 0 Å². The normalized spacial score (nSPS) is 29.9. The Morgan fingerprint density at radius 3 is 2.79 bits per heavy atom. The van der Waals surface area contributed by atoms with Gasteiger partial charge in [-0.3, -0.25) is 0 Å². The molecule has 1 aromatic rings. The molecule has 0 bridgehead atoms. The molecule has 0 aliphatic carbocycles. The van der Waals surface area contributed by atoms with Gasteiger partial charge < -0.3 is 15.5 Å². The molecule has 1 aromatic carbocycles. The van der Waals surface area contributed by atoms with Gasteiger partial charge in [0.15, 0.2) is 6.23 Å². The Hall–Kier alpha value is -0.770. The molecule has 4 heteroatoms. The van der Waals surface area contributed by atoms with Gasteiger partial charge in [-0.2, -0.15) is 0 Å². The SMILES string of the molecule is Cc1cc(Cl)cc2c1C(C)(O)C(O)N2. The highest BCUT2D eigenvalue weighted by molar-refractivity contribution is 6.31. The minimum atomic E-state index is -1.25. The molecule has 3 N–H and O–H groups in total. The van der Waals surface area contributed by atoms with Crippen LogP contribution in [0.3, 0.4) is 0 Å². The standard InChI is InChI=1S/C10H12ClNO2/c1-5-3-6(11)4-7-8(5)10(2,14)9(13)12-7/h3-4,9,12-14H,1-2H3. The van der Waals surface area contributed by atoms with Gasteiger partial charge in [-0.15, -0.1) is 0 Å². The molecule has 0 saturated heterocycles. The fourth-order valence-corrected chi connectivity index (χ4v) is 2.23. The summed E-state index contributed by atoms with van der Waals surface area (Å²) in [4.78, 5) is 0. The van der Waals surface area contributed by atoms with Crippen molar-refractivity contribution >= 4 is 17.3 Å². The highest BCUT2D eigenvalue weighted by Gasteiger charge is 2.41. The van der Waals surface area contributed by atoms with E-state index in [2.05, 4.69) is 5.32 Å². The number of halogens is 1. The van der Waals surface area contributed by atoms with Crippen molar-refractivity contribution in [2.75, 3.05) is 5.32 Å². The zero-order valence-corrected chi connectivity index (χ0v) is 8.76. The van der Waals surface area contributed by atoms with E-state index in [1.54, 1.807) is 19.1 Å². The second-order valence-corrected chi connectivity index (χ2v) is 4.28. The highest BCUT2D eigenvalue weighted by Crippen LogP contribution is 2.41. The second-order valence-electron chi connectivity index (χ2n) is 3.84. The van der Waals surface area contributed by atoms with E-state index >= 15 is 0 Å². The average Bonchev–Trinajstić information content (AvgIpc) is 2.21. The van der Waals surface area contributed by atoms with Gasteiger partial charge in [-0.05, 0) is 31.5 Å². The first-order chi connectivity index (χ1) is 6.43. The lowest BCUT2D eigenvalue weighted by molar-refractivity contribution is -0.0428. The zero-order valence-electron chi connectivity index (χ0n) is 8.00. The minimum Gasteiger partial charge on any atom is -0.381 e. The maximum Gasteiger partial charge on any atom is 0.157 e. The third kappa shape index (κ3) is 1.21. The second kappa shape index (κ2) is 2.86. The Labute approximate surface area is 87.3 Å². The molecule has 76 valence electrons. The van der Waals surface area contributed by atoms with Gasteiger partial charge in [-0.25, -0.2) is 0 Å². The van der Waals surface area contributed by atoms with Crippen LogP contribution in [-0.2, 0) is 5.60 Å². The van der Waals surface area contributed by atoms with Crippen LogP contribution < -0.4 is 5.32 Å². The van der Waals surface area contributed by atoms with Gasteiger partial charge in [0.1, 0.15) is 5.60 Å². The van der Waals surface area contributed by atoms with Crippen molar-refractivity contribution in [3.63, 3.8) is 0 Å². The fourth-order valence-electron chi connectivity index (χ4n) is 1.95. The Morgan fingerprint density at radius 1 is 1.50 bits per heavy atom. The number of anilines is 1. The van der Waals surface area contributed by atoms with Crippen molar-refractivity contribution in [1.29, 1.82) is 0 Å². The van der Waals surface area contributed by atoms with Crippen molar-refractivity contribution in [2.45, 2.75) is 25.7 Å². The van der Waals surface area contributed by atoms with Crippen LogP contribution in [0.1, 0.15) is 18.1 Å². The van der Waals surface area contributed by atoms with Crippen molar-refractivity contribution in [3.8, 4) is 0 Å². The molecule has 0 amide bonds. The molecule has 3 nitrogen and oxygen atoms in total. The van der Waals surface area contributed by atoms with Crippen LogP contribution in [0.5, 0.6) is 0 Å². The van der Waals surface area contributed by atoms with E-state index in [0.29, 0.717) is 10.7 Å². The Balaban J connectivity index is 2.65. The minimum absolute atomic E-state index is 0.596. The number of benzene rings is 1. The van der Waals surface area contributed by atoms with Gasteiger partial charge in [0, 0.05) is 16.3 Å². The summed E-state index contributed by atoms with van der Waals surface area (Å²) in [5, 5.41) is 23.0. The van der Waals surface area contributed by atoms with Crippen LogP contribution in [0.15, 0.2) is 12.1 Å². The number of aliphatic hydroxyl groups is 2. The third-order valence-electron chi connectivity index (χ3n) is 2.63. The fraction of sp³-hybridized carbons (Fsp3) is 0.400. The van der Waals surface area contributed by atoms with Crippen molar-refractivity contribution < 1.29 is 10.2 Å². The monoisotopic (exact) mass is 213 g/mol. The number of fused-ring (bicyclic) bond motifs is 1. The van der Waals surface area contributed by atoms with Gasteiger partial charge >= 0.3 is 0 Å². The van der Waals surface area contributed by atoms with Crippen LogP contribution in [0.2, 0.25) is 5.02 Å². The molecule has 0 aromatic heterocycles. The van der Waals surface area contributed by atoms with Crippen molar-refractivity contribution in [2.24, 2.45) is 0 Å². The smallest absolute Gasteiger partial charge is 0.157 e. The number of aryl methyl sites for hydroxylation is 1. The van der Waals surface area contributed by atoms with Crippen LogP contribution in [0.4, 0.5) is 5.69 Å². The van der Waals surface area contributed by atoms with Crippen LogP contribution >= 0.6 is 11.6 Å². The first kappa shape index (κ1) is 9.77. The number of rotatable bonds is 0. The summed E-state index contributed by atoms with van der Waals surface area (Å²) in [6, 6.07) is 3.48. The van der Waals surface area contributed by atoms with Gasteiger partial charge in [0.2, 0.25) is 0 Å². The lowest BCUT2D eigenvalue weighted by atomic mass is 9.93. The number of nitrogens with one attached hydrogen (secondary N) is 1. The summed E-state index contributed by atoms with van der Waals surface area (Å²) in [5.74, 6) is 0. The first-order valence-corrected chi connectivity index (χ1v) is 4.78. The number of hydrogen-bond acceptors (Lipinski definition) is 3. The maximum absolute atomic E-state index is 10.0. The molecule has 1 aliphatic rings. The van der Waals surface area contributed by atoms with Gasteiger partial charge in [0.25, 0.3) is 0 Å². The van der Waals surface area contributed by atoms with Crippen LogP contribution in [-0.4, -0.2) is 16.4 Å². The van der Waals surface area contributed by atoms with E-state index in [9.17, 15) is 10.2 Å². The Kier molecular flexibility index (Phi) is 2.00. The predicted molar refractivity (Wildman–Crippen MR) is 55.4 cm³/mol. The van der Waals surface area contributed by atoms with E-state index in [4.69, 9.17) is 11.6 Å².